The highest BCUT2D eigenvalue weighted by Crippen LogP contribution is 2.22. The van der Waals surface area contributed by atoms with Crippen molar-refractivity contribution in [2.75, 3.05) is 13.2 Å². The molecule has 106 valence electrons. The number of hydrogen-bond acceptors (Lipinski definition) is 3. The average molecular weight is 272 g/mol. The predicted molar refractivity (Wildman–Crippen MR) is 76.2 cm³/mol. The van der Waals surface area contributed by atoms with E-state index in [1.807, 2.05) is 6.07 Å². The predicted octanol–water partition coefficient (Wildman–Crippen LogP) is 2.63. The van der Waals surface area contributed by atoms with Crippen molar-refractivity contribution in [2.45, 2.75) is 32.1 Å². The van der Waals surface area contributed by atoms with Crippen LogP contribution in [-0.4, -0.2) is 19.1 Å². The Morgan fingerprint density at radius 3 is 2.90 bits per heavy atom. The number of nitriles is 1. The standard InChI is InChI=1S/C16H20N2O2/c17-10-14-7-4-8-15(9-14)20-12-16(19)18-11-13-5-2-1-3-6-13/h4,7-9,13H,1-3,5-6,11-12H2,(H,18,19). The summed E-state index contributed by atoms with van der Waals surface area (Å²) in [7, 11) is 0. The minimum Gasteiger partial charge on any atom is -0.484 e. The maximum Gasteiger partial charge on any atom is 0.257 e. The molecule has 1 aliphatic carbocycles. The van der Waals surface area contributed by atoms with Gasteiger partial charge in [0.1, 0.15) is 5.75 Å². The first kappa shape index (κ1) is 14.4. The van der Waals surface area contributed by atoms with Crippen molar-refractivity contribution < 1.29 is 9.53 Å². The van der Waals surface area contributed by atoms with E-state index in [-0.39, 0.29) is 12.5 Å². The van der Waals surface area contributed by atoms with Crippen LogP contribution in [-0.2, 0) is 4.79 Å². The molecule has 4 nitrogen and oxygen atoms in total. The van der Waals surface area contributed by atoms with Crippen LogP contribution in [0.1, 0.15) is 37.7 Å². The maximum atomic E-state index is 11.7. The smallest absolute Gasteiger partial charge is 0.257 e. The molecule has 0 atom stereocenters. The summed E-state index contributed by atoms with van der Waals surface area (Å²) < 4.78 is 5.39. The van der Waals surface area contributed by atoms with Crippen LogP contribution in [0.4, 0.5) is 0 Å². The molecule has 0 radical (unpaired) electrons. The molecule has 1 aliphatic rings. The van der Waals surface area contributed by atoms with Crippen LogP contribution in [0.2, 0.25) is 0 Å². The summed E-state index contributed by atoms with van der Waals surface area (Å²) in [5, 5.41) is 11.7. The van der Waals surface area contributed by atoms with E-state index in [1.54, 1.807) is 24.3 Å². The number of benzene rings is 1. The third-order valence-corrected chi connectivity index (χ3v) is 3.65. The third-order valence-electron chi connectivity index (χ3n) is 3.65. The van der Waals surface area contributed by atoms with Gasteiger partial charge in [0.05, 0.1) is 11.6 Å². The molecule has 0 unspecified atom stereocenters. The van der Waals surface area contributed by atoms with E-state index in [0.717, 1.165) is 6.54 Å². The van der Waals surface area contributed by atoms with E-state index < -0.39 is 0 Å². The normalized spacial score (nSPS) is 15.3. The summed E-state index contributed by atoms with van der Waals surface area (Å²) in [5.74, 6) is 1.07. The summed E-state index contributed by atoms with van der Waals surface area (Å²) in [6.45, 7) is 0.752. The number of carbonyl (C=O) groups excluding carboxylic acids is 1. The highest BCUT2D eigenvalue weighted by molar-refractivity contribution is 5.77. The van der Waals surface area contributed by atoms with Gasteiger partial charge in [0.15, 0.2) is 6.61 Å². The molecule has 0 aromatic heterocycles. The zero-order chi connectivity index (χ0) is 14.2. The van der Waals surface area contributed by atoms with Gasteiger partial charge in [-0.1, -0.05) is 25.3 Å². The van der Waals surface area contributed by atoms with Crippen molar-refractivity contribution >= 4 is 5.91 Å². The van der Waals surface area contributed by atoms with Gasteiger partial charge in [-0.25, -0.2) is 0 Å². The van der Waals surface area contributed by atoms with Gasteiger partial charge in [0, 0.05) is 6.54 Å². The average Bonchev–Trinajstić information content (AvgIpc) is 2.52. The van der Waals surface area contributed by atoms with E-state index >= 15 is 0 Å². The van der Waals surface area contributed by atoms with Gasteiger partial charge in [-0.3, -0.25) is 4.79 Å². The molecule has 20 heavy (non-hydrogen) atoms. The van der Waals surface area contributed by atoms with E-state index in [9.17, 15) is 4.79 Å². The van der Waals surface area contributed by atoms with Gasteiger partial charge in [-0.2, -0.15) is 5.26 Å². The van der Waals surface area contributed by atoms with Crippen LogP contribution in [0.5, 0.6) is 5.75 Å². The van der Waals surface area contributed by atoms with Gasteiger partial charge in [0.2, 0.25) is 0 Å². The van der Waals surface area contributed by atoms with Gasteiger partial charge in [-0.15, -0.1) is 0 Å². The lowest BCUT2D eigenvalue weighted by Crippen LogP contribution is -2.33. The second kappa shape index (κ2) is 7.54. The van der Waals surface area contributed by atoms with Crippen molar-refractivity contribution in [2.24, 2.45) is 5.92 Å². The van der Waals surface area contributed by atoms with Gasteiger partial charge in [0.25, 0.3) is 5.91 Å². The summed E-state index contributed by atoms with van der Waals surface area (Å²) in [5.41, 5.74) is 0.533. The lowest BCUT2D eigenvalue weighted by Gasteiger charge is -2.21. The monoisotopic (exact) mass is 272 g/mol. The van der Waals surface area contributed by atoms with Crippen molar-refractivity contribution in [3.63, 3.8) is 0 Å². The lowest BCUT2D eigenvalue weighted by molar-refractivity contribution is -0.123. The lowest BCUT2D eigenvalue weighted by atomic mass is 9.89. The number of rotatable bonds is 5. The van der Waals surface area contributed by atoms with Gasteiger partial charge >= 0.3 is 0 Å². The van der Waals surface area contributed by atoms with Crippen LogP contribution in [0.3, 0.4) is 0 Å². The Hall–Kier alpha value is -2.02. The highest BCUT2D eigenvalue weighted by Gasteiger charge is 2.14. The van der Waals surface area contributed by atoms with Crippen molar-refractivity contribution in [3.8, 4) is 11.8 Å². The Morgan fingerprint density at radius 1 is 1.35 bits per heavy atom. The molecule has 1 amide bonds. The second-order valence-electron chi connectivity index (χ2n) is 5.24. The number of ether oxygens (including phenoxy) is 1. The Bertz CT molecular complexity index is 487. The maximum absolute atomic E-state index is 11.7. The third kappa shape index (κ3) is 4.58. The molecule has 1 aromatic rings. The topological polar surface area (TPSA) is 62.1 Å². The zero-order valence-electron chi connectivity index (χ0n) is 11.6. The molecule has 0 spiro atoms. The fourth-order valence-corrected chi connectivity index (χ4v) is 2.50. The summed E-state index contributed by atoms with van der Waals surface area (Å²) in [6.07, 6.45) is 6.30. The van der Waals surface area contributed by atoms with Gasteiger partial charge < -0.3 is 10.1 Å². The van der Waals surface area contributed by atoms with Gasteiger partial charge in [-0.05, 0) is 37.0 Å². The summed E-state index contributed by atoms with van der Waals surface area (Å²) in [4.78, 5) is 11.7. The van der Waals surface area contributed by atoms with Crippen LogP contribution in [0, 0.1) is 17.2 Å². The Morgan fingerprint density at radius 2 is 2.15 bits per heavy atom. The Balaban J connectivity index is 1.70. The Labute approximate surface area is 119 Å². The zero-order valence-corrected chi connectivity index (χ0v) is 11.6. The number of hydrogen-bond donors (Lipinski definition) is 1. The highest BCUT2D eigenvalue weighted by atomic mass is 16.5. The molecule has 4 heteroatoms. The van der Waals surface area contributed by atoms with Crippen LogP contribution >= 0.6 is 0 Å². The first-order valence-corrected chi connectivity index (χ1v) is 7.17. The minimum absolute atomic E-state index is 0.00159. The minimum atomic E-state index is -0.0991. The van der Waals surface area contributed by atoms with Crippen LogP contribution < -0.4 is 10.1 Å². The molecule has 0 aliphatic heterocycles. The van der Waals surface area contributed by atoms with Crippen LogP contribution in [0.15, 0.2) is 24.3 Å². The molecular formula is C16H20N2O2. The number of nitrogens with zero attached hydrogens (tertiary/aromatic N) is 1. The molecule has 0 heterocycles. The molecule has 1 fully saturated rings. The van der Waals surface area contributed by atoms with Crippen molar-refractivity contribution in [3.05, 3.63) is 29.8 Å². The number of carbonyl (C=O) groups is 1. The molecule has 0 saturated heterocycles. The quantitative estimate of drug-likeness (QED) is 0.896. The van der Waals surface area contributed by atoms with Crippen LogP contribution in [0.25, 0.3) is 0 Å². The number of nitrogens with one attached hydrogen (secondary N) is 1. The van der Waals surface area contributed by atoms with E-state index in [1.165, 1.54) is 32.1 Å². The second-order valence-corrected chi connectivity index (χ2v) is 5.24. The first-order chi connectivity index (χ1) is 9.78. The molecule has 0 bridgehead atoms. The van der Waals surface area contributed by atoms with E-state index in [4.69, 9.17) is 10.00 Å². The van der Waals surface area contributed by atoms with E-state index in [2.05, 4.69) is 5.32 Å². The van der Waals surface area contributed by atoms with E-state index in [0.29, 0.717) is 17.2 Å². The molecular weight excluding hydrogens is 252 g/mol. The largest absolute Gasteiger partial charge is 0.484 e. The fourth-order valence-electron chi connectivity index (χ4n) is 2.50. The summed E-state index contributed by atoms with van der Waals surface area (Å²) in [6, 6.07) is 8.87. The molecule has 1 N–H and O–H groups in total. The molecule has 1 saturated carbocycles. The number of amides is 1. The van der Waals surface area contributed by atoms with Crippen molar-refractivity contribution in [1.29, 1.82) is 5.26 Å². The Kier molecular flexibility index (Phi) is 5.43. The molecule has 2 rings (SSSR count). The fraction of sp³-hybridized carbons (Fsp3) is 0.500. The summed E-state index contributed by atoms with van der Waals surface area (Å²) >= 11 is 0. The SMILES string of the molecule is N#Cc1cccc(OCC(=O)NCC2CCCCC2)c1. The van der Waals surface area contributed by atoms with Crippen molar-refractivity contribution in [1.82, 2.24) is 5.32 Å². The first-order valence-electron chi connectivity index (χ1n) is 7.17. The molecule has 1 aromatic carbocycles.